The van der Waals surface area contributed by atoms with E-state index in [1.165, 1.54) is 12.1 Å². The second-order valence-corrected chi connectivity index (χ2v) is 5.33. The summed E-state index contributed by atoms with van der Waals surface area (Å²) < 4.78 is 28.9. The van der Waals surface area contributed by atoms with Crippen molar-refractivity contribution in [2.75, 3.05) is 0 Å². The number of halogens is 2. The van der Waals surface area contributed by atoms with Crippen molar-refractivity contribution >= 4 is 0 Å². The van der Waals surface area contributed by atoms with Crippen LogP contribution in [-0.2, 0) is 21.7 Å². The van der Waals surface area contributed by atoms with Gasteiger partial charge in [-0.25, -0.2) is 8.78 Å². The molecule has 1 aromatic carbocycles. The summed E-state index contributed by atoms with van der Waals surface area (Å²) in [5.41, 5.74) is 2.39. The van der Waals surface area contributed by atoms with E-state index in [0.29, 0.717) is 5.69 Å². The molecular weight excluding hydrogens is 292 g/mol. The van der Waals surface area contributed by atoms with Crippen molar-refractivity contribution in [1.29, 1.82) is 0 Å². The van der Waals surface area contributed by atoms with E-state index in [1.54, 1.807) is 0 Å². The van der Waals surface area contributed by atoms with Crippen molar-refractivity contribution in [3.63, 3.8) is 0 Å². The molecular formula is C16H18F2NTi-. The van der Waals surface area contributed by atoms with Crippen LogP contribution in [0.4, 0.5) is 8.78 Å². The van der Waals surface area contributed by atoms with Gasteiger partial charge in [0, 0.05) is 44.7 Å². The number of benzene rings is 1. The Labute approximate surface area is 133 Å². The number of aromatic nitrogens is 1. The number of hydrogen-bond donors (Lipinski definition) is 0. The van der Waals surface area contributed by atoms with Crippen LogP contribution in [-0.4, -0.2) is 4.57 Å². The van der Waals surface area contributed by atoms with E-state index in [9.17, 15) is 8.78 Å². The first-order valence-corrected chi connectivity index (χ1v) is 6.51. The molecule has 20 heavy (non-hydrogen) atoms. The molecule has 0 radical (unpaired) electrons. The summed E-state index contributed by atoms with van der Waals surface area (Å²) in [7, 11) is 0. The first-order valence-electron chi connectivity index (χ1n) is 6.51. The van der Waals surface area contributed by atoms with Gasteiger partial charge in [-0.05, 0) is 29.7 Å². The van der Waals surface area contributed by atoms with Crippen LogP contribution >= 0.6 is 0 Å². The van der Waals surface area contributed by atoms with Gasteiger partial charge in [0.05, 0.1) is 0 Å². The Morgan fingerprint density at radius 1 is 0.900 bits per heavy atom. The normalized spacial score (nSPS) is 11.0. The summed E-state index contributed by atoms with van der Waals surface area (Å²) in [6.45, 7) is 8.23. The van der Waals surface area contributed by atoms with Crippen LogP contribution in [0.15, 0.2) is 24.3 Å². The van der Waals surface area contributed by atoms with E-state index in [1.807, 2.05) is 16.7 Å². The third-order valence-corrected chi connectivity index (χ3v) is 3.21. The molecule has 0 saturated heterocycles. The summed E-state index contributed by atoms with van der Waals surface area (Å²) in [6, 6.07) is 8.82. The molecule has 0 N–H and O–H groups in total. The van der Waals surface area contributed by atoms with Crippen LogP contribution < -0.4 is 0 Å². The Morgan fingerprint density at radius 2 is 1.40 bits per heavy atom. The van der Waals surface area contributed by atoms with Gasteiger partial charge in [0.1, 0.15) is 0 Å². The maximum absolute atomic E-state index is 14.0. The summed E-state index contributed by atoms with van der Waals surface area (Å²) in [4.78, 5) is 0. The minimum absolute atomic E-state index is 0. The van der Waals surface area contributed by atoms with Crippen LogP contribution in [0, 0.1) is 17.7 Å². The maximum atomic E-state index is 14.0. The molecule has 2 rings (SSSR count). The summed E-state index contributed by atoms with van der Waals surface area (Å²) >= 11 is 0. The Bertz CT molecular complexity index is 563. The average molecular weight is 310 g/mol. The van der Waals surface area contributed by atoms with Gasteiger partial charge in [-0.1, -0.05) is 27.7 Å². The van der Waals surface area contributed by atoms with Crippen LogP contribution in [0.1, 0.15) is 50.9 Å². The average Bonchev–Trinajstić information content (AvgIpc) is 2.73. The third-order valence-electron chi connectivity index (χ3n) is 3.21. The molecule has 0 bridgehead atoms. The fourth-order valence-corrected chi connectivity index (χ4v) is 2.26. The Kier molecular flexibility index (Phi) is 5.72. The van der Waals surface area contributed by atoms with Gasteiger partial charge in [0.15, 0.2) is 0 Å². The van der Waals surface area contributed by atoms with E-state index >= 15 is 0 Å². The second-order valence-electron chi connectivity index (χ2n) is 5.33. The molecule has 0 saturated carbocycles. The smallest absolute Gasteiger partial charge is 0.0368 e. The van der Waals surface area contributed by atoms with Gasteiger partial charge in [0.25, 0.3) is 0 Å². The predicted octanol–water partition coefficient (Wildman–Crippen LogP) is 4.80. The number of rotatable bonds is 3. The Hall–Kier alpha value is -0.926. The molecule has 0 unspecified atom stereocenters. The van der Waals surface area contributed by atoms with Crippen molar-refractivity contribution in [2.24, 2.45) is 0 Å². The SMILES string of the molecule is CC(C)c1ccc(C(C)C)n1-c1ccc(F)[c-]c1F.[Ti]. The van der Waals surface area contributed by atoms with Crippen molar-refractivity contribution in [1.82, 2.24) is 4.57 Å². The van der Waals surface area contributed by atoms with E-state index in [0.717, 1.165) is 11.4 Å². The van der Waals surface area contributed by atoms with Gasteiger partial charge in [0.2, 0.25) is 0 Å². The molecule has 4 heteroatoms. The summed E-state index contributed by atoms with van der Waals surface area (Å²) in [5.74, 6) is -0.806. The first kappa shape index (κ1) is 17.1. The molecule has 0 amide bonds. The van der Waals surface area contributed by atoms with Crippen molar-refractivity contribution in [3.05, 3.63) is 53.4 Å². The molecule has 1 heterocycles. The van der Waals surface area contributed by atoms with Gasteiger partial charge >= 0.3 is 0 Å². The van der Waals surface area contributed by atoms with Crippen LogP contribution in [0.25, 0.3) is 5.69 Å². The molecule has 0 spiro atoms. The minimum atomic E-state index is -0.675. The van der Waals surface area contributed by atoms with E-state index in [-0.39, 0.29) is 33.6 Å². The molecule has 0 aliphatic rings. The zero-order valence-corrected chi connectivity index (χ0v) is 13.7. The van der Waals surface area contributed by atoms with Crippen LogP contribution in [0.5, 0.6) is 0 Å². The molecule has 2 aromatic rings. The van der Waals surface area contributed by atoms with Crippen molar-refractivity contribution in [2.45, 2.75) is 39.5 Å². The summed E-state index contributed by atoms with van der Waals surface area (Å²) in [5, 5.41) is 0. The van der Waals surface area contributed by atoms with Gasteiger partial charge in [-0.2, -0.15) is 0 Å². The predicted molar refractivity (Wildman–Crippen MR) is 72.7 cm³/mol. The molecule has 1 aromatic heterocycles. The van der Waals surface area contributed by atoms with E-state index in [4.69, 9.17) is 0 Å². The second kappa shape index (κ2) is 6.69. The fraction of sp³-hybridized carbons (Fsp3) is 0.375. The topological polar surface area (TPSA) is 4.93 Å². The zero-order valence-electron chi connectivity index (χ0n) is 12.2. The largest absolute Gasteiger partial charge is 0.369 e. The number of nitrogens with zero attached hydrogens (tertiary/aromatic N) is 1. The molecule has 0 aliphatic carbocycles. The fourth-order valence-electron chi connectivity index (χ4n) is 2.26. The minimum Gasteiger partial charge on any atom is -0.369 e. The standard InChI is InChI=1S/C16H18F2N.Ti/c1-10(2)14-7-8-15(11(3)4)19(14)16-6-5-12(17)9-13(16)18;/h5-8,10-11H,1-4H3;/q-1;. The molecule has 106 valence electrons. The van der Waals surface area contributed by atoms with Crippen LogP contribution in [0.2, 0.25) is 0 Å². The monoisotopic (exact) mass is 310 g/mol. The Balaban J connectivity index is 0.00000200. The third kappa shape index (κ3) is 3.21. The van der Waals surface area contributed by atoms with Gasteiger partial charge < -0.3 is 4.57 Å². The summed E-state index contributed by atoms with van der Waals surface area (Å²) in [6.07, 6.45) is 0. The van der Waals surface area contributed by atoms with Gasteiger partial charge in [-0.3, -0.25) is 0 Å². The first-order chi connectivity index (χ1) is 8.91. The molecule has 0 fully saturated rings. The molecule has 1 nitrogen and oxygen atoms in total. The van der Waals surface area contributed by atoms with E-state index in [2.05, 4.69) is 33.8 Å². The zero-order chi connectivity index (χ0) is 14.2. The van der Waals surface area contributed by atoms with Crippen LogP contribution in [0.3, 0.4) is 0 Å². The number of hydrogen-bond acceptors (Lipinski definition) is 0. The van der Waals surface area contributed by atoms with Gasteiger partial charge in [-0.15, -0.1) is 18.2 Å². The quantitative estimate of drug-likeness (QED) is 0.567. The maximum Gasteiger partial charge on any atom is 0.0368 e. The molecule has 0 atom stereocenters. The van der Waals surface area contributed by atoms with E-state index < -0.39 is 11.6 Å². The van der Waals surface area contributed by atoms with Crippen molar-refractivity contribution < 1.29 is 30.5 Å². The Morgan fingerprint density at radius 3 is 1.80 bits per heavy atom. The van der Waals surface area contributed by atoms with Crippen molar-refractivity contribution in [3.8, 4) is 5.69 Å². The molecule has 0 aliphatic heterocycles.